The second kappa shape index (κ2) is 28.8. The Morgan fingerprint density at radius 3 is 1.76 bits per heavy atom. The van der Waals surface area contributed by atoms with E-state index in [0.29, 0.717) is 22.0 Å². The number of aromatic amines is 1. The van der Waals surface area contributed by atoms with Crippen LogP contribution in [-0.2, 0) is 60.8 Å². The molecule has 0 radical (unpaired) electrons. The molecule has 2 aromatic carbocycles. The van der Waals surface area contributed by atoms with E-state index in [1.165, 1.54) is 24.3 Å². The van der Waals surface area contributed by atoms with Gasteiger partial charge in [0.1, 0.15) is 48.0 Å². The van der Waals surface area contributed by atoms with Crippen LogP contribution in [0, 0.1) is 5.92 Å². The van der Waals surface area contributed by atoms with Gasteiger partial charge < -0.3 is 88.6 Å². The molecule has 27 heteroatoms. The second-order valence-electron chi connectivity index (χ2n) is 18.8. The maximum absolute atomic E-state index is 14.0. The van der Waals surface area contributed by atoms with Gasteiger partial charge in [-0.25, -0.2) is 4.79 Å². The highest BCUT2D eigenvalue weighted by atomic mass is 16.4. The number of nitrogens with zero attached hydrogens (tertiary/aromatic N) is 1. The normalized spacial score (nSPS) is 16.9. The number of H-pyrrole nitrogens is 1. The molecule has 1 aliphatic heterocycles. The van der Waals surface area contributed by atoms with Crippen molar-refractivity contribution in [1.29, 1.82) is 0 Å². The van der Waals surface area contributed by atoms with Crippen molar-refractivity contribution in [1.82, 2.24) is 47.1 Å². The van der Waals surface area contributed by atoms with Gasteiger partial charge in [0.15, 0.2) is 6.04 Å². The molecule has 1 aliphatic rings. The fourth-order valence-electron chi connectivity index (χ4n) is 8.31. The lowest BCUT2D eigenvalue weighted by molar-refractivity contribution is -0.146. The van der Waals surface area contributed by atoms with Crippen LogP contribution in [-0.4, -0.2) is 192 Å². The number of nitrogens with two attached hydrogens (primary N) is 1. The van der Waals surface area contributed by atoms with Crippen LogP contribution in [0.15, 0.2) is 54.7 Å². The summed E-state index contributed by atoms with van der Waals surface area (Å²) in [5, 5.41) is 86.6. The lowest BCUT2D eigenvalue weighted by Gasteiger charge is -2.30. The van der Waals surface area contributed by atoms with Crippen LogP contribution in [0.1, 0.15) is 64.0 Å². The Hall–Kier alpha value is -7.72. The van der Waals surface area contributed by atoms with E-state index >= 15 is 0 Å². The summed E-state index contributed by atoms with van der Waals surface area (Å²) >= 11 is 0. The van der Waals surface area contributed by atoms with Gasteiger partial charge in [-0.1, -0.05) is 44.2 Å². The first-order valence-electron chi connectivity index (χ1n) is 24.4. The number of benzene rings is 2. The molecule has 0 spiro atoms. The molecule has 0 saturated carbocycles. The molecule has 2 heterocycles. The van der Waals surface area contributed by atoms with Gasteiger partial charge in [0.05, 0.1) is 32.0 Å². The van der Waals surface area contributed by atoms with Gasteiger partial charge in [-0.3, -0.25) is 43.2 Å². The third-order valence-corrected chi connectivity index (χ3v) is 12.4. The number of likely N-dealkylation sites (tertiary alicyclic amines) is 1. The Labute approximate surface area is 435 Å². The predicted molar refractivity (Wildman–Crippen MR) is 267 cm³/mol. The zero-order valence-corrected chi connectivity index (χ0v) is 42.1. The maximum Gasteiger partial charge on any atom is 0.328 e. The lowest BCUT2D eigenvalue weighted by Crippen LogP contribution is -2.62. The number of para-hydroxylation sites is 1. The van der Waals surface area contributed by atoms with E-state index in [-0.39, 0.29) is 50.3 Å². The van der Waals surface area contributed by atoms with Crippen molar-refractivity contribution in [2.75, 3.05) is 26.4 Å². The van der Waals surface area contributed by atoms with E-state index in [1.807, 2.05) is 0 Å². The zero-order chi connectivity index (χ0) is 56.4. The SMILES string of the molecule is CC(C)C[C@H](N)C(=O)N[C@@H](CCC(=O)O)C(=O)N[C@@H](Cc1ccc(O)cc1)C(=O)N[C@@H](CO)C(=O)N[C@@H](CO)C(=O)N[C@@H](CO)C(=O)N1CCC[C@H]1C(=O)N[C@@H](Cc1c[nH]c2ccccc12)C(=O)N[C@H](C(=O)O)[C@@H](C)O. The first-order chi connectivity index (χ1) is 36.0. The number of aliphatic carboxylic acids is 2. The summed E-state index contributed by atoms with van der Waals surface area (Å²) in [4.78, 5) is 136. The molecule has 27 nitrogen and oxygen atoms in total. The first kappa shape index (κ1) is 60.8. The van der Waals surface area contributed by atoms with Crippen molar-refractivity contribution in [2.45, 2.75) is 126 Å². The number of phenols is 1. The van der Waals surface area contributed by atoms with E-state index in [0.717, 1.165) is 11.8 Å². The van der Waals surface area contributed by atoms with Gasteiger partial charge in [0.25, 0.3) is 0 Å². The van der Waals surface area contributed by atoms with Crippen LogP contribution < -0.4 is 43.0 Å². The molecule has 76 heavy (non-hydrogen) atoms. The van der Waals surface area contributed by atoms with Crippen molar-refractivity contribution < 1.29 is 83.7 Å². The molecule has 4 rings (SSSR count). The predicted octanol–water partition coefficient (Wildman–Crippen LogP) is -4.28. The smallest absolute Gasteiger partial charge is 0.328 e. The van der Waals surface area contributed by atoms with E-state index in [9.17, 15) is 83.7 Å². The second-order valence-corrected chi connectivity index (χ2v) is 18.8. The first-order valence-corrected chi connectivity index (χ1v) is 24.4. The highest BCUT2D eigenvalue weighted by molar-refractivity contribution is 5.99. The number of phenolic OH excluding ortho intramolecular Hbond substituents is 1. The summed E-state index contributed by atoms with van der Waals surface area (Å²) in [5.74, 6) is -11.2. The van der Waals surface area contributed by atoms with Crippen molar-refractivity contribution in [3.8, 4) is 5.75 Å². The Bertz CT molecular complexity index is 2540. The fourth-order valence-corrected chi connectivity index (χ4v) is 8.31. The number of carbonyl (C=O) groups is 10. The molecular formula is C49H68N10O17. The van der Waals surface area contributed by atoms with Gasteiger partial charge in [-0.15, -0.1) is 0 Å². The van der Waals surface area contributed by atoms with Gasteiger partial charge >= 0.3 is 11.9 Å². The molecular weight excluding hydrogens is 1000 g/mol. The quantitative estimate of drug-likeness (QED) is 0.0313. The monoisotopic (exact) mass is 1070 g/mol. The van der Waals surface area contributed by atoms with E-state index in [1.54, 1.807) is 44.3 Å². The minimum atomic E-state index is -1.90. The Morgan fingerprint density at radius 1 is 0.671 bits per heavy atom. The van der Waals surface area contributed by atoms with Gasteiger partial charge in [-0.2, -0.15) is 0 Å². The standard InChI is InChI=1S/C49H68N10O17/c1-24(2)17-30(50)41(67)52-32(14-15-39(65)66)42(68)53-33(18-26-10-12-28(64)13-11-26)43(69)55-35(21-60)45(71)56-36(22-61)46(72)57-37(23-62)48(74)59-16-6-9-38(59)47(73)54-34(44(70)58-40(25(3)63)49(75)76)19-27-20-51-31-8-5-4-7-29(27)31/h4-5,7-8,10-13,20,24-25,30,32-38,40,51,60-64H,6,9,14-19,21-23,50H2,1-3H3,(H,52,67)(H,53,68)(H,54,73)(H,55,69)(H,56,71)(H,57,72)(H,58,70)(H,65,66)(H,75,76)/t25-,30+,32+,33+,34+,35+,36+,37+,38+,40+/m1/s1. The van der Waals surface area contributed by atoms with Crippen LogP contribution in [0.2, 0.25) is 0 Å². The molecule has 1 aromatic heterocycles. The van der Waals surface area contributed by atoms with Gasteiger partial charge in [0, 0.05) is 42.9 Å². The average molecular weight is 1070 g/mol. The van der Waals surface area contributed by atoms with Crippen molar-refractivity contribution in [3.63, 3.8) is 0 Å². The number of hydrogen-bond donors (Lipinski definition) is 16. The molecule has 416 valence electrons. The summed E-state index contributed by atoms with van der Waals surface area (Å²) in [6, 6.07) is -1.78. The molecule has 1 saturated heterocycles. The summed E-state index contributed by atoms with van der Waals surface area (Å²) in [5.41, 5.74) is 7.61. The fraction of sp³-hybridized carbons (Fsp3) is 0.510. The summed E-state index contributed by atoms with van der Waals surface area (Å²) in [6.45, 7) is 1.39. The van der Waals surface area contributed by atoms with Crippen LogP contribution in [0.25, 0.3) is 10.9 Å². The molecule has 3 aromatic rings. The number of aliphatic hydroxyl groups is 4. The Morgan fingerprint density at radius 2 is 1.20 bits per heavy atom. The molecule has 0 bridgehead atoms. The Kier molecular flexibility index (Phi) is 23.1. The summed E-state index contributed by atoms with van der Waals surface area (Å²) in [6.07, 6.45) is -0.894. The van der Waals surface area contributed by atoms with E-state index in [2.05, 4.69) is 42.2 Å². The molecule has 8 amide bonds. The maximum atomic E-state index is 14.0. The minimum absolute atomic E-state index is 0.0172. The van der Waals surface area contributed by atoms with Crippen LogP contribution in [0.4, 0.5) is 0 Å². The van der Waals surface area contributed by atoms with Crippen molar-refractivity contribution in [2.24, 2.45) is 11.7 Å². The number of hydrogen-bond acceptors (Lipinski definition) is 16. The highest BCUT2D eigenvalue weighted by Gasteiger charge is 2.41. The lowest BCUT2D eigenvalue weighted by atomic mass is 10.0. The third kappa shape index (κ3) is 17.4. The van der Waals surface area contributed by atoms with Gasteiger partial charge in [0.2, 0.25) is 47.3 Å². The molecule has 10 atom stereocenters. The number of aliphatic hydroxyl groups excluding tert-OH is 4. The number of nitrogens with one attached hydrogen (secondary N) is 8. The molecule has 0 aliphatic carbocycles. The highest BCUT2D eigenvalue weighted by Crippen LogP contribution is 2.22. The zero-order valence-electron chi connectivity index (χ0n) is 42.1. The largest absolute Gasteiger partial charge is 0.508 e. The number of carboxylic acid groups (broad SMARTS) is 2. The third-order valence-electron chi connectivity index (χ3n) is 12.4. The summed E-state index contributed by atoms with van der Waals surface area (Å²) < 4.78 is 0. The molecule has 1 fully saturated rings. The molecule has 17 N–H and O–H groups in total. The number of rotatable bonds is 29. The van der Waals surface area contributed by atoms with Crippen molar-refractivity contribution >= 4 is 70.1 Å². The van der Waals surface area contributed by atoms with Crippen LogP contribution >= 0.6 is 0 Å². The molecule has 0 unspecified atom stereocenters. The van der Waals surface area contributed by atoms with E-state index in [4.69, 9.17) is 5.73 Å². The van der Waals surface area contributed by atoms with Crippen LogP contribution in [0.5, 0.6) is 5.75 Å². The van der Waals surface area contributed by atoms with Gasteiger partial charge in [-0.05, 0) is 67.9 Å². The topological polar surface area (TPSA) is 442 Å². The Balaban J connectivity index is 1.47. The number of carbonyl (C=O) groups excluding carboxylic acids is 8. The minimum Gasteiger partial charge on any atom is -0.508 e. The number of amides is 8. The van der Waals surface area contributed by atoms with Crippen molar-refractivity contribution in [3.05, 3.63) is 65.9 Å². The number of carboxylic acids is 2. The number of aromatic nitrogens is 1. The summed E-state index contributed by atoms with van der Waals surface area (Å²) in [7, 11) is 0. The van der Waals surface area contributed by atoms with E-state index < -0.39 is 152 Å². The number of fused-ring (bicyclic) bond motifs is 1. The number of aromatic hydroxyl groups is 1. The van der Waals surface area contributed by atoms with Crippen LogP contribution in [0.3, 0.4) is 0 Å². The average Bonchev–Trinajstić information content (AvgIpc) is 4.04.